The van der Waals surface area contributed by atoms with Gasteiger partial charge in [-0.3, -0.25) is 4.79 Å². The maximum atomic E-state index is 11.1. The maximum absolute atomic E-state index is 11.1. The van der Waals surface area contributed by atoms with E-state index in [-0.39, 0.29) is 18.4 Å². The molecule has 7 heteroatoms. The Morgan fingerprint density at radius 3 is 2.74 bits per heavy atom. The molecule has 2 atom stereocenters. The molecule has 0 aromatic heterocycles. The summed E-state index contributed by atoms with van der Waals surface area (Å²) >= 11 is 0. The van der Waals surface area contributed by atoms with E-state index in [1.165, 1.54) is 0 Å². The Morgan fingerprint density at radius 2 is 1.94 bits per heavy atom. The Bertz CT molecular complexity index is 1210. The van der Waals surface area contributed by atoms with E-state index < -0.39 is 5.97 Å². The van der Waals surface area contributed by atoms with Crippen molar-refractivity contribution in [1.29, 1.82) is 0 Å². The molecule has 3 aromatic rings. The van der Waals surface area contributed by atoms with Crippen LogP contribution in [0.25, 0.3) is 0 Å². The molecule has 176 valence electrons. The number of hydrogen-bond donors (Lipinski definition) is 3. The van der Waals surface area contributed by atoms with Gasteiger partial charge in [0.15, 0.2) is 0 Å². The topological polar surface area (TPSA) is 97.0 Å². The van der Waals surface area contributed by atoms with Crippen LogP contribution in [0.2, 0.25) is 0 Å². The molecular formula is C27H29N3O4. The van der Waals surface area contributed by atoms with E-state index in [0.717, 1.165) is 58.3 Å². The highest BCUT2D eigenvalue weighted by Crippen LogP contribution is 2.45. The lowest BCUT2D eigenvalue weighted by molar-refractivity contribution is -0.137. The number of rotatable bonds is 8. The van der Waals surface area contributed by atoms with E-state index >= 15 is 0 Å². The summed E-state index contributed by atoms with van der Waals surface area (Å²) in [7, 11) is 0. The minimum Gasteiger partial charge on any atom is -0.493 e. The van der Waals surface area contributed by atoms with Gasteiger partial charge in [-0.05, 0) is 36.8 Å². The monoisotopic (exact) mass is 459 g/mol. The third-order valence-electron chi connectivity index (χ3n) is 6.37. The number of anilines is 4. The average Bonchev–Trinajstić information content (AvgIpc) is 3.41. The zero-order chi connectivity index (χ0) is 23.7. The van der Waals surface area contributed by atoms with Crippen molar-refractivity contribution in [1.82, 2.24) is 0 Å². The van der Waals surface area contributed by atoms with Gasteiger partial charge in [0.1, 0.15) is 18.1 Å². The Labute approximate surface area is 199 Å². The predicted molar refractivity (Wildman–Crippen MR) is 133 cm³/mol. The molecule has 0 fully saturated rings. The molecule has 2 aliphatic heterocycles. The van der Waals surface area contributed by atoms with E-state index in [0.29, 0.717) is 13.2 Å². The van der Waals surface area contributed by atoms with Crippen LogP contribution in [-0.2, 0) is 4.79 Å². The summed E-state index contributed by atoms with van der Waals surface area (Å²) in [5.41, 5.74) is 11.8. The summed E-state index contributed by atoms with van der Waals surface area (Å²) in [5.74, 6) is 0.723. The number of carboxylic acid groups (broad SMARTS) is 1. The lowest BCUT2D eigenvalue weighted by Crippen LogP contribution is -2.18. The molecule has 4 N–H and O–H groups in total. The smallest absolute Gasteiger partial charge is 0.304 e. The van der Waals surface area contributed by atoms with Crippen molar-refractivity contribution in [2.75, 3.05) is 35.7 Å². The van der Waals surface area contributed by atoms with Crippen molar-refractivity contribution < 1.29 is 19.4 Å². The van der Waals surface area contributed by atoms with Gasteiger partial charge in [-0.1, -0.05) is 31.2 Å². The highest BCUT2D eigenvalue weighted by Gasteiger charge is 2.30. The van der Waals surface area contributed by atoms with Gasteiger partial charge in [-0.2, -0.15) is 0 Å². The molecule has 3 aromatic carbocycles. The van der Waals surface area contributed by atoms with E-state index in [4.69, 9.17) is 20.3 Å². The first-order chi connectivity index (χ1) is 16.5. The van der Waals surface area contributed by atoms with Crippen LogP contribution in [0.1, 0.15) is 42.9 Å². The number of nitrogens with one attached hydrogen (secondary N) is 1. The molecule has 0 aliphatic carbocycles. The molecule has 7 nitrogen and oxygen atoms in total. The molecule has 0 radical (unpaired) electrons. The molecule has 0 amide bonds. The number of nitrogens with two attached hydrogens (primary N) is 1. The lowest BCUT2D eigenvalue weighted by atomic mass is 9.97. The first-order valence-corrected chi connectivity index (χ1v) is 11.7. The van der Waals surface area contributed by atoms with Gasteiger partial charge in [0.2, 0.25) is 0 Å². The number of benzene rings is 3. The minimum absolute atomic E-state index is 0.00598. The summed E-state index contributed by atoms with van der Waals surface area (Å²) < 4.78 is 12.0. The number of para-hydroxylation sites is 1. The fourth-order valence-corrected chi connectivity index (χ4v) is 4.81. The number of carbonyl (C=O) groups is 1. The number of ether oxygens (including phenoxy) is 2. The molecule has 2 heterocycles. The van der Waals surface area contributed by atoms with Crippen molar-refractivity contribution in [3.05, 3.63) is 71.8 Å². The summed E-state index contributed by atoms with van der Waals surface area (Å²) in [5, 5.41) is 12.7. The van der Waals surface area contributed by atoms with E-state index in [2.05, 4.69) is 41.4 Å². The largest absolute Gasteiger partial charge is 0.493 e. The zero-order valence-corrected chi connectivity index (χ0v) is 19.2. The molecule has 5 rings (SSSR count). The van der Waals surface area contributed by atoms with E-state index in [9.17, 15) is 4.79 Å². The van der Waals surface area contributed by atoms with Crippen molar-refractivity contribution in [3.63, 3.8) is 0 Å². The molecule has 1 unspecified atom stereocenters. The molecule has 0 saturated carbocycles. The third-order valence-corrected chi connectivity index (χ3v) is 6.37. The van der Waals surface area contributed by atoms with Crippen molar-refractivity contribution in [2.24, 2.45) is 0 Å². The lowest BCUT2D eigenvalue weighted by Gasteiger charge is -2.26. The van der Waals surface area contributed by atoms with E-state index in [1.54, 1.807) is 0 Å². The SMILES string of the molecule is CCCN(c1cccc(N)c1)c1cccc2c1OCC2Nc1ccc2c(c1)OC[C@H]2CC(=O)O. The second-order valence-corrected chi connectivity index (χ2v) is 8.81. The number of carboxylic acids is 1. The standard InChI is InChI=1S/C27H29N3O4/c1-2-11-30(20-6-3-5-18(28)13-20)24-8-4-7-22-23(16-34-27(22)24)29-19-9-10-21-17(12-26(31)32)15-33-25(21)14-19/h3-10,13-14,17,23,29H,2,11-12,15-16,28H2,1H3,(H,31,32)/t17-,23?/m1/s1. The van der Waals surface area contributed by atoms with Crippen molar-refractivity contribution >= 4 is 28.7 Å². The van der Waals surface area contributed by atoms with Crippen molar-refractivity contribution in [2.45, 2.75) is 31.7 Å². The van der Waals surface area contributed by atoms with Gasteiger partial charge in [0.25, 0.3) is 0 Å². The fourth-order valence-electron chi connectivity index (χ4n) is 4.81. The van der Waals surface area contributed by atoms with E-state index in [1.807, 2.05) is 36.4 Å². The second kappa shape index (κ2) is 9.17. The van der Waals surface area contributed by atoms with Crippen LogP contribution in [0.15, 0.2) is 60.7 Å². The van der Waals surface area contributed by atoms with Crippen LogP contribution in [0.4, 0.5) is 22.7 Å². The van der Waals surface area contributed by atoms with Crippen LogP contribution in [0.3, 0.4) is 0 Å². The van der Waals surface area contributed by atoms with Crippen LogP contribution in [-0.4, -0.2) is 30.8 Å². The number of nitrogens with zero attached hydrogens (tertiary/aromatic N) is 1. The molecule has 0 saturated heterocycles. The Balaban J connectivity index is 1.39. The predicted octanol–water partition coefficient (Wildman–Crippen LogP) is 5.31. The van der Waals surface area contributed by atoms with Crippen molar-refractivity contribution in [3.8, 4) is 11.5 Å². The van der Waals surface area contributed by atoms with Gasteiger partial charge >= 0.3 is 5.97 Å². The summed E-state index contributed by atoms with van der Waals surface area (Å²) in [6.45, 7) is 3.93. The first-order valence-electron chi connectivity index (χ1n) is 11.7. The molecule has 34 heavy (non-hydrogen) atoms. The highest BCUT2D eigenvalue weighted by molar-refractivity contribution is 5.74. The Morgan fingerprint density at radius 1 is 1.09 bits per heavy atom. The molecule has 0 bridgehead atoms. The second-order valence-electron chi connectivity index (χ2n) is 8.81. The van der Waals surface area contributed by atoms with Gasteiger partial charge in [-0.25, -0.2) is 0 Å². The first kappa shape index (κ1) is 21.9. The van der Waals surface area contributed by atoms with Gasteiger partial charge in [-0.15, -0.1) is 0 Å². The van der Waals surface area contributed by atoms with Crippen LogP contribution in [0.5, 0.6) is 11.5 Å². The summed E-state index contributed by atoms with van der Waals surface area (Å²) in [6, 6.07) is 20.1. The summed E-state index contributed by atoms with van der Waals surface area (Å²) in [4.78, 5) is 13.4. The number of hydrogen-bond acceptors (Lipinski definition) is 6. The summed E-state index contributed by atoms with van der Waals surface area (Å²) in [6.07, 6.45) is 1.06. The highest BCUT2D eigenvalue weighted by atomic mass is 16.5. The average molecular weight is 460 g/mol. The number of aliphatic carboxylic acids is 1. The quantitative estimate of drug-likeness (QED) is 0.393. The third kappa shape index (κ3) is 4.21. The van der Waals surface area contributed by atoms with Gasteiger partial charge in [0.05, 0.1) is 24.8 Å². The molecule has 0 spiro atoms. The van der Waals surface area contributed by atoms with Crippen LogP contribution >= 0.6 is 0 Å². The maximum Gasteiger partial charge on any atom is 0.304 e. The van der Waals surface area contributed by atoms with Crippen LogP contribution < -0.4 is 25.4 Å². The fraction of sp³-hybridized carbons (Fsp3) is 0.296. The van der Waals surface area contributed by atoms with Crippen LogP contribution in [0, 0.1) is 0 Å². The number of nitrogen functional groups attached to an aromatic ring is 1. The molecular weight excluding hydrogens is 430 g/mol. The minimum atomic E-state index is -0.811. The normalized spacial score (nSPS) is 17.9. The van der Waals surface area contributed by atoms with Gasteiger partial charge < -0.3 is 30.5 Å². The number of fused-ring (bicyclic) bond motifs is 2. The van der Waals surface area contributed by atoms with Gasteiger partial charge in [0, 0.05) is 46.7 Å². The molecule has 2 aliphatic rings. The zero-order valence-electron chi connectivity index (χ0n) is 19.2. The Hall–Kier alpha value is -3.87. The Kier molecular flexibility index (Phi) is 5.92.